The first kappa shape index (κ1) is 12.1. The van der Waals surface area contributed by atoms with Gasteiger partial charge in [0, 0.05) is 7.05 Å². The Bertz CT molecular complexity index is 215. The number of ether oxygens (including phenoxy) is 1. The van der Waals surface area contributed by atoms with E-state index < -0.39 is 11.7 Å². The maximum absolute atomic E-state index is 11.8. The lowest BCUT2D eigenvalue weighted by atomic mass is 10.2. The maximum atomic E-state index is 11.8. The number of nitrogens with zero attached hydrogens (tertiary/aromatic N) is 1. The molecule has 0 heterocycles. The Labute approximate surface area is 82.0 Å². The quantitative estimate of drug-likeness (QED) is 0.485. The number of thiocarbonyl (C=S) groups is 1. The van der Waals surface area contributed by atoms with Crippen molar-refractivity contribution in [1.29, 1.82) is 0 Å². The van der Waals surface area contributed by atoms with Gasteiger partial charge in [-0.25, -0.2) is 4.79 Å². The van der Waals surface area contributed by atoms with Crippen LogP contribution in [0.1, 0.15) is 20.8 Å². The van der Waals surface area contributed by atoms with Crippen LogP contribution in [0.4, 0.5) is 9.28 Å². The Balaban J connectivity index is 4.20. The highest BCUT2D eigenvalue weighted by Gasteiger charge is 2.21. The average Bonchev–Trinajstić information content (AvgIpc) is 1.98. The minimum atomic E-state index is -0.692. The summed E-state index contributed by atoms with van der Waals surface area (Å²) in [5.74, 6) is 0. The van der Waals surface area contributed by atoms with Crippen LogP contribution in [0.2, 0.25) is 0 Å². The molecule has 0 aliphatic rings. The predicted octanol–water partition coefficient (Wildman–Crippen LogP) is 1.61. The molecule has 0 rings (SSSR count). The molecule has 0 aliphatic heterocycles. The van der Waals surface area contributed by atoms with Crippen molar-refractivity contribution < 1.29 is 14.0 Å². The van der Waals surface area contributed by atoms with E-state index in [1.807, 2.05) is 0 Å². The molecule has 0 unspecified atom stereocenters. The third-order valence-electron chi connectivity index (χ3n) is 1.05. The van der Waals surface area contributed by atoms with Gasteiger partial charge >= 0.3 is 6.09 Å². The van der Waals surface area contributed by atoms with E-state index in [-0.39, 0.29) is 5.11 Å². The highest BCUT2D eigenvalue weighted by molar-refractivity contribution is 7.80. The second-order valence-electron chi connectivity index (χ2n) is 3.44. The molecule has 0 fully saturated rings. The van der Waals surface area contributed by atoms with Crippen molar-refractivity contribution in [2.24, 2.45) is 0 Å². The Hall–Kier alpha value is -0.910. The van der Waals surface area contributed by atoms with Crippen LogP contribution in [0.3, 0.4) is 0 Å². The second-order valence-corrected chi connectivity index (χ2v) is 3.83. The first-order chi connectivity index (χ1) is 5.78. The van der Waals surface area contributed by atoms with E-state index in [0.717, 1.165) is 4.90 Å². The average molecular weight is 208 g/mol. The molecule has 6 heteroatoms. The van der Waals surface area contributed by atoms with Crippen molar-refractivity contribution >= 4 is 23.4 Å². The molecule has 0 atom stereocenters. The molecule has 1 amide bonds. The van der Waals surface area contributed by atoms with Gasteiger partial charge in [-0.3, -0.25) is 4.90 Å². The third-order valence-corrected chi connectivity index (χ3v) is 1.40. The zero-order valence-electron chi connectivity index (χ0n) is 8.05. The van der Waals surface area contributed by atoms with Gasteiger partial charge in [-0.2, -0.15) is 5.54 Å². The van der Waals surface area contributed by atoms with Crippen molar-refractivity contribution in [3.63, 3.8) is 0 Å². The van der Waals surface area contributed by atoms with Crippen LogP contribution >= 0.6 is 12.2 Å². The number of carbonyl (C=O) groups excluding carboxylic acids is 1. The number of halogens is 1. The Kier molecular flexibility index (Phi) is 4.06. The van der Waals surface area contributed by atoms with Gasteiger partial charge in [0.1, 0.15) is 5.60 Å². The van der Waals surface area contributed by atoms with Crippen LogP contribution < -0.4 is 5.54 Å². The van der Waals surface area contributed by atoms with E-state index in [1.165, 1.54) is 12.6 Å². The minimum Gasteiger partial charge on any atom is -0.443 e. The fourth-order valence-corrected chi connectivity index (χ4v) is 0.551. The summed E-state index contributed by atoms with van der Waals surface area (Å²) in [6.07, 6.45) is -0.692. The van der Waals surface area contributed by atoms with Gasteiger partial charge in [0.15, 0.2) is 0 Å². The summed E-state index contributed by atoms with van der Waals surface area (Å²) >= 11 is 4.48. The second kappa shape index (κ2) is 4.36. The van der Waals surface area contributed by atoms with E-state index in [9.17, 15) is 9.28 Å². The van der Waals surface area contributed by atoms with Crippen LogP contribution in [0.25, 0.3) is 0 Å². The van der Waals surface area contributed by atoms with Gasteiger partial charge in [-0.1, -0.05) is 0 Å². The lowest BCUT2D eigenvalue weighted by molar-refractivity contribution is 0.0395. The van der Waals surface area contributed by atoms with E-state index in [0.29, 0.717) is 0 Å². The molecule has 13 heavy (non-hydrogen) atoms. The lowest BCUT2D eigenvalue weighted by Crippen LogP contribution is -2.41. The molecular weight excluding hydrogens is 195 g/mol. The molecule has 4 nitrogen and oxygen atoms in total. The minimum absolute atomic E-state index is 0.325. The SMILES string of the molecule is CN(C(=O)OC(C)(C)C)C(=S)NF. The third kappa shape index (κ3) is 4.62. The Morgan fingerprint density at radius 2 is 2.00 bits per heavy atom. The summed E-state index contributed by atoms with van der Waals surface area (Å²) in [6, 6.07) is 0. The fourth-order valence-electron chi connectivity index (χ4n) is 0.477. The van der Waals surface area contributed by atoms with Crippen molar-refractivity contribution in [3.05, 3.63) is 0 Å². The molecule has 0 aromatic heterocycles. The van der Waals surface area contributed by atoms with Crippen molar-refractivity contribution in [1.82, 2.24) is 10.4 Å². The molecule has 0 aliphatic carbocycles. The first-order valence-corrected chi connectivity index (χ1v) is 4.06. The van der Waals surface area contributed by atoms with Gasteiger partial charge in [-0.05, 0) is 33.0 Å². The number of amides is 1. The van der Waals surface area contributed by atoms with E-state index in [2.05, 4.69) is 12.2 Å². The molecule has 1 N–H and O–H groups in total. The van der Waals surface area contributed by atoms with Crippen LogP contribution in [0, 0.1) is 0 Å². The van der Waals surface area contributed by atoms with Gasteiger partial charge < -0.3 is 4.74 Å². The van der Waals surface area contributed by atoms with Crippen molar-refractivity contribution in [3.8, 4) is 0 Å². The molecule has 0 aromatic rings. The van der Waals surface area contributed by atoms with Crippen LogP contribution in [-0.4, -0.2) is 28.8 Å². The van der Waals surface area contributed by atoms with Gasteiger partial charge in [-0.15, -0.1) is 4.48 Å². The number of carbonyl (C=O) groups is 1. The van der Waals surface area contributed by atoms with E-state index in [4.69, 9.17) is 4.74 Å². The molecule has 0 bridgehead atoms. The zero-order valence-corrected chi connectivity index (χ0v) is 8.87. The summed E-state index contributed by atoms with van der Waals surface area (Å²) in [7, 11) is 1.32. The topological polar surface area (TPSA) is 41.6 Å². The van der Waals surface area contributed by atoms with Gasteiger partial charge in [0.2, 0.25) is 5.11 Å². The number of rotatable bonds is 0. The molecule has 0 saturated heterocycles. The molecule has 76 valence electrons. The largest absolute Gasteiger partial charge is 0.443 e. The predicted molar refractivity (Wildman–Crippen MR) is 50.8 cm³/mol. The molecule has 0 saturated carbocycles. The van der Waals surface area contributed by atoms with Crippen molar-refractivity contribution in [2.45, 2.75) is 26.4 Å². The first-order valence-electron chi connectivity index (χ1n) is 3.65. The smallest absolute Gasteiger partial charge is 0.416 e. The monoisotopic (exact) mass is 208 g/mol. The summed E-state index contributed by atoms with van der Waals surface area (Å²) in [6.45, 7) is 5.14. The molecule has 0 radical (unpaired) electrons. The normalized spacial score (nSPS) is 10.5. The van der Waals surface area contributed by atoms with Gasteiger partial charge in [0.05, 0.1) is 0 Å². The summed E-state index contributed by atoms with van der Waals surface area (Å²) in [4.78, 5) is 12.0. The van der Waals surface area contributed by atoms with E-state index >= 15 is 0 Å². The molecular formula is C7H13FN2O2S. The summed E-state index contributed by atoms with van der Waals surface area (Å²) in [5, 5.41) is -0.325. The number of hydrogen-bond acceptors (Lipinski definition) is 3. The number of hydrogen-bond donors (Lipinski definition) is 1. The van der Waals surface area contributed by atoms with Gasteiger partial charge in [0.25, 0.3) is 0 Å². The fraction of sp³-hybridized carbons (Fsp3) is 0.714. The maximum Gasteiger partial charge on any atom is 0.416 e. The Morgan fingerprint density at radius 1 is 1.54 bits per heavy atom. The molecule has 0 aromatic carbocycles. The van der Waals surface area contributed by atoms with Crippen LogP contribution in [0.15, 0.2) is 0 Å². The van der Waals surface area contributed by atoms with Crippen molar-refractivity contribution in [2.75, 3.05) is 7.05 Å². The standard InChI is InChI=1S/C7H13FN2O2S/c1-7(2,3)12-6(11)10(4)5(13)9-8/h1-4H3,(H,9,13). The lowest BCUT2D eigenvalue weighted by Gasteiger charge is -2.23. The van der Waals surface area contributed by atoms with Crippen LogP contribution in [0.5, 0.6) is 0 Å². The highest BCUT2D eigenvalue weighted by atomic mass is 32.1. The highest BCUT2D eigenvalue weighted by Crippen LogP contribution is 2.08. The summed E-state index contributed by atoms with van der Waals surface area (Å²) in [5.41, 5.74) is 0.574. The Morgan fingerprint density at radius 3 is 2.31 bits per heavy atom. The van der Waals surface area contributed by atoms with E-state index in [1.54, 1.807) is 20.8 Å². The summed E-state index contributed by atoms with van der Waals surface area (Å²) < 4.78 is 16.7. The molecule has 0 spiro atoms. The number of nitrogens with one attached hydrogen (secondary N) is 1. The zero-order chi connectivity index (χ0) is 10.6. The van der Waals surface area contributed by atoms with Crippen LogP contribution in [-0.2, 0) is 4.74 Å².